The summed E-state index contributed by atoms with van der Waals surface area (Å²) in [6.45, 7) is 2.63. The minimum atomic E-state index is -0.532. The van der Waals surface area contributed by atoms with Gasteiger partial charge in [-0.15, -0.1) is 0 Å². The third-order valence-electron chi connectivity index (χ3n) is 4.79. The van der Waals surface area contributed by atoms with Gasteiger partial charge in [-0.25, -0.2) is 4.39 Å². The van der Waals surface area contributed by atoms with Crippen molar-refractivity contribution in [1.29, 1.82) is 0 Å². The normalized spacial score (nSPS) is 13.8. The molecule has 1 aliphatic rings. The predicted molar refractivity (Wildman–Crippen MR) is 105 cm³/mol. The van der Waals surface area contributed by atoms with Gasteiger partial charge in [-0.2, -0.15) is 0 Å². The molecule has 0 aromatic heterocycles. The SMILES string of the molecule is O=C(NCCC(=O)N1CCN(c2ccc(F)cc2)CC1)c1ccc([N+](=O)[O-])cc1. The van der Waals surface area contributed by atoms with Gasteiger partial charge < -0.3 is 15.1 Å². The average Bonchev–Trinajstić information content (AvgIpc) is 2.74. The number of benzene rings is 2. The van der Waals surface area contributed by atoms with E-state index in [1.54, 1.807) is 17.0 Å². The number of carbonyl (C=O) groups is 2. The summed E-state index contributed by atoms with van der Waals surface area (Å²) in [5.74, 6) is -0.708. The Hall–Kier alpha value is -3.49. The fourth-order valence-corrected chi connectivity index (χ4v) is 3.14. The standard InChI is InChI=1S/C20H21FN4O4/c21-16-3-7-17(8-4-16)23-11-13-24(14-12-23)19(26)9-10-22-20(27)15-1-5-18(6-2-15)25(28)29/h1-8H,9-14H2,(H,22,27). The van der Waals surface area contributed by atoms with E-state index in [0.717, 1.165) is 5.69 Å². The molecule has 1 aliphatic heterocycles. The highest BCUT2D eigenvalue weighted by atomic mass is 19.1. The molecule has 9 heteroatoms. The van der Waals surface area contributed by atoms with Gasteiger partial charge >= 0.3 is 0 Å². The maximum absolute atomic E-state index is 13.0. The number of hydrogen-bond acceptors (Lipinski definition) is 5. The third kappa shape index (κ3) is 5.28. The Labute approximate surface area is 167 Å². The monoisotopic (exact) mass is 400 g/mol. The van der Waals surface area contributed by atoms with Crippen LogP contribution in [-0.2, 0) is 4.79 Å². The summed E-state index contributed by atoms with van der Waals surface area (Å²) in [5.41, 5.74) is 1.14. The Morgan fingerprint density at radius 2 is 1.62 bits per heavy atom. The summed E-state index contributed by atoms with van der Waals surface area (Å²) < 4.78 is 13.0. The number of halogens is 1. The molecule has 0 radical (unpaired) electrons. The van der Waals surface area contributed by atoms with Gasteiger partial charge in [-0.1, -0.05) is 0 Å². The summed E-state index contributed by atoms with van der Waals surface area (Å²) in [6, 6.07) is 11.6. The number of nitro benzene ring substituents is 1. The third-order valence-corrected chi connectivity index (χ3v) is 4.79. The Bertz CT molecular complexity index is 878. The second-order valence-corrected chi connectivity index (χ2v) is 6.65. The number of non-ortho nitro benzene ring substituents is 1. The molecule has 152 valence electrons. The number of carbonyl (C=O) groups excluding carboxylic acids is 2. The van der Waals surface area contributed by atoms with Gasteiger partial charge in [0.15, 0.2) is 0 Å². The lowest BCUT2D eigenvalue weighted by atomic mass is 10.2. The molecule has 3 rings (SSSR count). The summed E-state index contributed by atoms with van der Waals surface area (Å²) in [7, 11) is 0. The Morgan fingerprint density at radius 3 is 2.21 bits per heavy atom. The number of nitrogens with zero attached hydrogens (tertiary/aromatic N) is 3. The predicted octanol–water partition coefficient (Wildman–Crippen LogP) is 2.20. The van der Waals surface area contributed by atoms with E-state index in [9.17, 15) is 24.1 Å². The molecule has 2 aromatic carbocycles. The van der Waals surface area contributed by atoms with Crippen LogP contribution in [0.3, 0.4) is 0 Å². The summed E-state index contributed by atoms with van der Waals surface area (Å²) in [5, 5.41) is 13.3. The van der Waals surface area contributed by atoms with E-state index >= 15 is 0 Å². The van der Waals surface area contributed by atoms with Crippen LogP contribution in [0.2, 0.25) is 0 Å². The maximum atomic E-state index is 13.0. The molecule has 8 nitrogen and oxygen atoms in total. The van der Waals surface area contributed by atoms with Crippen LogP contribution in [0.15, 0.2) is 48.5 Å². The van der Waals surface area contributed by atoms with Crippen LogP contribution in [0.5, 0.6) is 0 Å². The molecule has 1 saturated heterocycles. The van der Waals surface area contributed by atoms with Gasteiger partial charge in [-0.3, -0.25) is 19.7 Å². The van der Waals surface area contributed by atoms with E-state index in [4.69, 9.17) is 0 Å². The number of anilines is 1. The first-order valence-corrected chi connectivity index (χ1v) is 9.25. The number of nitrogens with one attached hydrogen (secondary N) is 1. The topological polar surface area (TPSA) is 95.8 Å². The Balaban J connectivity index is 1.41. The first kappa shape index (κ1) is 20.2. The quantitative estimate of drug-likeness (QED) is 0.592. The molecule has 0 aliphatic carbocycles. The van der Waals surface area contributed by atoms with E-state index in [-0.39, 0.29) is 36.3 Å². The molecule has 2 aromatic rings. The van der Waals surface area contributed by atoms with E-state index < -0.39 is 4.92 Å². The van der Waals surface area contributed by atoms with Crippen LogP contribution >= 0.6 is 0 Å². The number of amides is 2. The maximum Gasteiger partial charge on any atom is 0.269 e. The van der Waals surface area contributed by atoms with Crippen LogP contribution in [0.4, 0.5) is 15.8 Å². The zero-order valence-corrected chi connectivity index (χ0v) is 15.7. The van der Waals surface area contributed by atoms with Crippen LogP contribution < -0.4 is 10.2 Å². The zero-order chi connectivity index (χ0) is 20.8. The molecular weight excluding hydrogens is 379 g/mol. The molecule has 0 spiro atoms. The molecule has 1 fully saturated rings. The van der Waals surface area contributed by atoms with Crippen molar-refractivity contribution in [2.24, 2.45) is 0 Å². The fraction of sp³-hybridized carbons (Fsp3) is 0.300. The van der Waals surface area contributed by atoms with Crippen molar-refractivity contribution < 1.29 is 18.9 Å². The van der Waals surface area contributed by atoms with Crippen molar-refractivity contribution in [1.82, 2.24) is 10.2 Å². The molecule has 1 N–H and O–H groups in total. The summed E-state index contributed by atoms with van der Waals surface area (Å²) in [4.78, 5) is 38.4. The molecule has 29 heavy (non-hydrogen) atoms. The Kier molecular flexibility index (Phi) is 6.38. The summed E-state index contributed by atoms with van der Waals surface area (Å²) in [6.07, 6.45) is 0.176. The van der Waals surface area contributed by atoms with Gasteiger partial charge in [0.2, 0.25) is 5.91 Å². The largest absolute Gasteiger partial charge is 0.368 e. The second kappa shape index (κ2) is 9.13. The Morgan fingerprint density at radius 1 is 1.00 bits per heavy atom. The lowest BCUT2D eigenvalue weighted by Gasteiger charge is -2.36. The van der Waals surface area contributed by atoms with Crippen LogP contribution in [-0.4, -0.2) is 54.4 Å². The molecule has 0 unspecified atom stereocenters. The molecule has 0 saturated carbocycles. The van der Waals surface area contributed by atoms with E-state index in [1.165, 1.54) is 36.4 Å². The van der Waals surface area contributed by atoms with Crippen molar-refractivity contribution >= 4 is 23.2 Å². The fourth-order valence-electron chi connectivity index (χ4n) is 3.14. The molecular formula is C20H21FN4O4. The minimum Gasteiger partial charge on any atom is -0.368 e. The number of rotatable bonds is 6. The molecule has 0 bridgehead atoms. The van der Waals surface area contributed by atoms with Crippen LogP contribution in [0.1, 0.15) is 16.8 Å². The smallest absolute Gasteiger partial charge is 0.269 e. The first-order chi connectivity index (χ1) is 13.9. The molecule has 2 amide bonds. The van der Waals surface area contributed by atoms with Gasteiger partial charge in [-0.05, 0) is 36.4 Å². The van der Waals surface area contributed by atoms with E-state index in [0.29, 0.717) is 31.7 Å². The van der Waals surface area contributed by atoms with Crippen molar-refractivity contribution in [2.45, 2.75) is 6.42 Å². The number of piperazine rings is 1. The zero-order valence-electron chi connectivity index (χ0n) is 15.7. The lowest BCUT2D eigenvalue weighted by molar-refractivity contribution is -0.384. The summed E-state index contributed by atoms with van der Waals surface area (Å²) >= 11 is 0. The van der Waals surface area contributed by atoms with Crippen LogP contribution in [0.25, 0.3) is 0 Å². The number of nitro groups is 1. The molecule has 1 heterocycles. The van der Waals surface area contributed by atoms with Gasteiger partial charge in [0, 0.05) is 62.5 Å². The van der Waals surface area contributed by atoms with Gasteiger partial charge in [0.1, 0.15) is 5.82 Å². The highest BCUT2D eigenvalue weighted by Gasteiger charge is 2.21. The van der Waals surface area contributed by atoms with E-state index in [1.807, 2.05) is 0 Å². The van der Waals surface area contributed by atoms with E-state index in [2.05, 4.69) is 10.2 Å². The van der Waals surface area contributed by atoms with Crippen molar-refractivity contribution in [3.05, 3.63) is 70.0 Å². The van der Waals surface area contributed by atoms with Crippen molar-refractivity contribution in [3.63, 3.8) is 0 Å². The average molecular weight is 400 g/mol. The highest BCUT2D eigenvalue weighted by molar-refractivity contribution is 5.94. The minimum absolute atomic E-state index is 0.0484. The van der Waals surface area contributed by atoms with Gasteiger partial charge in [0.05, 0.1) is 4.92 Å². The van der Waals surface area contributed by atoms with Crippen LogP contribution in [0, 0.1) is 15.9 Å². The highest BCUT2D eigenvalue weighted by Crippen LogP contribution is 2.17. The molecule has 0 atom stereocenters. The van der Waals surface area contributed by atoms with Crippen molar-refractivity contribution in [3.8, 4) is 0 Å². The van der Waals surface area contributed by atoms with Crippen molar-refractivity contribution in [2.75, 3.05) is 37.6 Å². The van der Waals surface area contributed by atoms with Gasteiger partial charge in [0.25, 0.3) is 11.6 Å². The number of hydrogen-bond donors (Lipinski definition) is 1. The lowest BCUT2D eigenvalue weighted by Crippen LogP contribution is -2.49. The second-order valence-electron chi connectivity index (χ2n) is 6.65. The first-order valence-electron chi connectivity index (χ1n) is 9.25.